The Hall–Kier alpha value is -3.28. The number of hydrogen-bond donors (Lipinski definition) is 3. The molecular weight excluding hydrogens is 506 g/mol. The molecule has 1 aromatic rings. The first-order valence-corrected chi connectivity index (χ1v) is 13.7. The fourth-order valence-corrected chi connectivity index (χ4v) is 5.31. The molecule has 0 bridgehead atoms. The minimum atomic E-state index is -0.700. The number of nitrogens with two attached hydrogens (primary N) is 1. The molecule has 4 N–H and O–H groups in total. The summed E-state index contributed by atoms with van der Waals surface area (Å²) < 4.78 is 31.1. The monoisotopic (exact) mass is 546 g/mol. The lowest BCUT2D eigenvalue weighted by Crippen LogP contribution is -2.58. The Bertz CT molecular complexity index is 1120. The highest BCUT2D eigenvalue weighted by molar-refractivity contribution is 6.01. The number of nitrogens with zero attached hydrogens (tertiary/aromatic N) is 5. The summed E-state index contributed by atoms with van der Waals surface area (Å²) in [6.45, 7) is 7.41. The Kier molecular flexibility index (Phi) is 9.36. The van der Waals surface area contributed by atoms with Gasteiger partial charge in [0.1, 0.15) is 35.3 Å². The molecule has 0 spiro atoms. The van der Waals surface area contributed by atoms with Crippen LogP contribution in [0.2, 0.25) is 0 Å². The van der Waals surface area contributed by atoms with Crippen molar-refractivity contribution in [2.45, 2.75) is 65.0 Å². The van der Waals surface area contributed by atoms with Gasteiger partial charge in [-0.3, -0.25) is 4.79 Å². The van der Waals surface area contributed by atoms with Gasteiger partial charge in [-0.05, 0) is 44.4 Å². The second-order valence-corrected chi connectivity index (χ2v) is 10.9. The molecule has 1 saturated carbocycles. The third-order valence-corrected chi connectivity index (χ3v) is 7.82. The second kappa shape index (κ2) is 12.7. The van der Waals surface area contributed by atoms with E-state index in [1.165, 1.54) is 25.5 Å². The van der Waals surface area contributed by atoms with Gasteiger partial charge in [-0.2, -0.15) is 10.6 Å². The molecule has 4 unspecified atom stereocenters. The van der Waals surface area contributed by atoms with E-state index >= 15 is 8.78 Å². The Morgan fingerprint density at radius 3 is 2.72 bits per heavy atom. The van der Waals surface area contributed by atoms with Crippen LogP contribution in [0.4, 0.5) is 14.5 Å². The predicted molar refractivity (Wildman–Crippen MR) is 149 cm³/mol. The number of hydrogen-bond acceptors (Lipinski definition) is 8. The standard InChI is InChI=1S/C27H40F2N8O2/c1-16-7-5-6-8-22(16)32-35-33-27(30)24-15-36(4)9-10-37(24)26-20(28)11-19(12-21(26)29)23-13-25(39-34-23)17(2)14-31-18(3)38/h11-12,16-17,24-25,35H,5-10,13-15H2,1-4H3,(H2,30,33)(H,31,38)/b32-22+. The summed E-state index contributed by atoms with van der Waals surface area (Å²) in [5.74, 6) is -0.939. The van der Waals surface area contributed by atoms with Gasteiger partial charge in [0.25, 0.3) is 0 Å². The normalized spacial score (nSPS) is 26.3. The van der Waals surface area contributed by atoms with Gasteiger partial charge in [-0.15, -0.1) is 5.10 Å². The number of carbonyl (C=O) groups excluding carboxylic acids is 1. The van der Waals surface area contributed by atoms with Gasteiger partial charge in [-0.25, -0.2) is 8.78 Å². The number of benzene rings is 1. The van der Waals surface area contributed by atoms with Crippen LogP contribution in [-0.2, 0) is 9.63 Å². The largest absolute Gasteiger partial charge is 0.391 e. The molecule has 0 radical (unpaired) electrons. The predicted octanol–water partition coefficient (Wildman–Crippen LogP) is 2.78. The van der Waals surface area contributed by atoms with E-state index in [1.54, 1.807) is 4.90 Å². The molecule has 1 aliphatic carbocycles. The van der Waals surface area contributed by atoms with E-state index < -0.39 is 17.7 Å². The second-order valence-electron chi connectivity index (χ2n) is 10.9. The van der Waals surface area contributed by atoms with Crippen molar-refractivity contribution >= 4 is 28.9 Å². The zero-order valence-corrected chi connectivity index (χ0v) is 23.2. The molecule has 1 amide bonds. The number of halogens is 2. The molecule has 2 fully saturated rings. The van der Waals surface area contributed by atoms with Crippen molar-refractivity contribution < 1.29 is 18.4 Å². The molecule has 214 valence electrons. The molecule has 3 aliphatic rings. The van der Waals surface area contributed by atoms with Gasteiger partial charge >= 0.3 is 0 Å². The summed E-state index contributed by atoms with van der Waals surface area (Å²) in [5, 5.41) is 15.5. The van der Waals surface area contributed by atoms with Crippen LogP contribution in [0.15, 0.2) is 27.5 Å². The molecule has 10 nitrogen and oxygen atoms in total. The first-order valence-electron chi connectivity index (χ1n) is 13.7. The number of piperazine rings is 1. The molecule has 2 aliphatic heterocycles. The SMILES string of the molecule is CC(=O)NCC(C)C1CC(c2cc(F)c(N3CCN(C)CC3/C(N)=N/N/N=C3\CCCCC3C)c(F)c2)=NO1. The van der Waals surface area contributed by atoms with Crippen molar-refractivity contribution in [2.24, 2.45) is 32.9 Å². The van der Waals surface area contributed by atoms with Crippen LogP contribution >= 0.6 is 0 Å². The lowest BCUT2D eigenvalue weighted by atomic mass is 9.89. The van der Waals surface area contributed by atoms with E-state index in [1.807, 2.05) is 14.0 Å². The van der Waals surface area contributed by atoms with E-state index in [0.29, 0.717) is 49.8 Å². The quantitative estimate of drug-likeness (QED) is 0.262. The van der Waals surface area contributed by atoms with Gasteiger partial charge in [0.05, 0.1) is 5.71 Å². The van der Waals surface area contributed by atoms with Crippen molar-refractivity contribution in [3.63, 3.8) is 0 Å². The number of amides is 1. The Morgan fingerprint density at radius 1 is 1.28 bits per heavy atom. The number of anilines is 1. The number of amidine groups is 1. The average Bonchev–Trinajstić information content (AvgIpc) is 3.39. The van der Waals surface area contributed by atoms with Crippen molar-refractivity contribution in [2.75, 3.05) is 38.1 Å². The molecule has 12 heteroatoms. The summed E-state index contributed by atoms with van der Waals surface area (Å²) in [7, 11) is 1.94. The number of carbonyl (C=O) groups is 1. The van der Waals surface area contributed by atoms with Crippen molar-refractivity contribution in [3.8, 4) is 0 Å². The fourth-order valence-electron chi connectivity index (χ4n) is 5.31. The summed E-state index contributed by atoms with van der Waals surface area (Å²) in [6.07, 6.45) is 4.44. The molecule has 2 heterocycles. The third kappa shape index (κ3) is 7.03. The average molecular weight is 547 g/mol. The molecule has 0 aromatic heterocycles. The fraction of sp³-hybridized carbons (Fsp3) is 0.630. The molecule has 4 rings (SSSR count). The third-order valence-electron chi connectivity index (χ3n) is 7.82. The van der Waals surface area contributed by atoms with Crippen LogP contribution in [0, 0.1) is 23.5 Å². The first kappa shape index (κ1) is 28.7. The van der Waals surface area contributed by atoms with Gasteiger partial charge in [0.15, 0.2) is 0 Å². The highest BCUT2D eigenvalue weighted by atomic mass is 19.1. The van der Waals surface area contributed by atoms with Crippen LogP contribution in [-0.4, -0.2) is 73.4 Å². The lowest BCUT2D eigenvalue weighted by molar-refractivity contribution is -0.119. The van der Waals surface area contributed by atoms with E-state index in [2.05, 4.69) is 38.0 Å². The topological polar surface area (TPSA) is 120 Å². The number of hydrazone groups is 2. The molecule has 1 aromatic carbocycles. The molecular formula is C27H40F2N8O2. The maximum Gasteiger partial charge on any atom is 0.216 e. The summed E-state index contributed by atoms with van der Waals surface area (Å²) in [4.78, 5) is 20.4. The zero-order valence-electron chi connectivity index (χ0n) is 23.2. The van der Waals surface area contributed by atoms with E-state index in [9.17, 15) is 4.79 Å². The van der Waals surface area contributed by atoms with Gasteiger partial charge < -0.3 is 25.7 Å². The zero-order chi connectivity index (χ0) is 28.1. The first-order chi connectivity index (χ1) is 18.6. The molecule has 39 heavy (non-hydrogen) atoms. The Balaban J connectivity index is 1.49. The highest BCUT2D eigenvalue weighted by Crippen LogP contribution is 2.31. The lowest BCUT2D eigenvalue weighted by Gasteiger charge is -2.41. The minimum Gasteiger partial charge on any atom is -0.391 e. The maximum absolute atomic E-state index is 15.5. The van der Waals surface area contributed by atoms with Crippen LogP contribution in [0.3, 0.4) is 0 Å². The van der Waals surface area contributed by atoms with Crippen molar-refractivity contribution in [3.05, 3.63) is 29.3 Å². The number of oxime groups is 1. The van der Waals surface area contributed by atoms with Crippen LogP contribution in [0.1, 0.15) is 58.4 Å². The molecule has 4 atom stereocenters. The number of rotatable bonds is 8. The maximum atomic E-state index is 15.5. The van der Waals surface area contributed by atoms with Crippen LogP contribution in [0.5, 0.6) is 0 Å². The summed E-state index contributed by atoms with van der Waals surface area (Å²) >= 11 is 0. The minimum absolute atomic E-state index is 0.0162. The van der Waals surface area contributed by atoms with E-state index in [4.69, 9.17) is 10.6 Å². The van der Waals surface area contributed by atoms with E-state index in [0.717, 1.165) is 25.0 Å². The Labute approximate surface area is 228 Å². The number of nitrogens with one attached hydrogen (secondary N) is 2. The Morgan fingerprint density at radius 2 is 2.03 bits per heavy atom. The van der Waals surface area contributed by atoms with Crippen LogP contribution < -0.4 is 21.5 Å². The highest BCUT2D eigenvalue weighted by Gasteiger charge is 2.34. The number of likely N-dealkylation sites (N-methyl/N-ethyl adjacent to an activating group) is 1. The summed E-state index contributed by atoms with van der Waals surface area (Å²) in [5.41, 5.74) is 10.8. The van der Waals surface area contributed by atoms with Crippen LogP contribution in [0.25, 0.3) is 0 Å². The summed E-state index contributed by atoms with van der Waals surface area (Å²) in [6, 6.07) is 2.04. The van der Waals surface area contributed by atoms with E-state index in [-0.39, 0.29) is 29.5 Å². The smallest absolute Gasteiger partial charge is 0.216 e. The van der Waals surface area contributed by atoms with Crippen molar-refractivity contribution in [1.29, 1.82) is 0 Å². The molecule has 1 saturated heterocycles. The van der Waals surface area contributed by atoms with Crippen molar-refractivity contribution in [1.82, 2.24) is 15.8 Å². The van der Waals surface area contributed by atoms with Gasteiger partial charge in [-0.1, -0.05) is 25.4 Å². The van der Waals surface area contributed by atoms with Gasteiger partial charge in [0.2, 0.25) is 5.91 Å². The van der Waals surface area contributed by atoms with Gasteiger partial charge in [0, 0.05) is 56.7 Å².